The van der Waals surface area contributed by atoms with Crippen LogP contribution in [0.3, 0.4) is 0 Å². The zero-order chi connectivity index (χ0) is 6.53. The van der Waals surface area contributed by atoms with E-state index in [0.29, 0.717) is 5.88 Å². The summed E-state index contributed by atoms with van der Waals surface area (Å²) in [5, 5.41) is 8.35. The van der Waals surface area contributed by atoms with Gasteiger partial charge in [-0.25, -0.2) is 0 Å². The minimum atomic E-state index is 0.554. The summed E-state index contributed by atoms with van der Waals surface area (Å²) < 4.78 is 0. The highest BCUT2D eigenvalue weighted by Crippen LogP contribution is 2.08. The van der Waals surface area contributed by atoms with E-state index in [1.54, 1.807) is 6.20 Å². The van der Waals surface area contributed by atoms with Gasteiger partial charge >= 0.3 is 0 Å². The van der Waals surface area contributed by atoms with Crippen molar-refractivity contribution >= 4 is 11.8 Å². The molecule has 0 saturated carbocycles. The number of aromatic nitrogens is 2. The van der Waals surface area contributed by atoms with Crippen molar-refractivity contribution in [3.8, 4) is 0 Å². The van der Waals surface area contributed by atoms with Gasteiger partial charge in [-0.1, -0.05) is 11.8 Å². The molecule has 0 amide bonds. The Hall–Kier alpha value is -0.610. The molecule has 48 valence electrons. The molecule has 0 fully saturated rings. The van der Waals surface area contributed by atoms with Crippen molar-refractivity contribution in [3.63, 3.8) is 0 Å². The predicted molar refractivity (Wildman–Crippen MR) is 36.9 cm³/mol. The third kappa shape index (κ3) is 1.99. The van der Waals surface area contributed by atoms with Crippen LogP contribution in [-0.2, 0) is 0 Å². The van der Waals surface area contributed by atoms with E-state index in [2.05, 4.69) is 10.2 Å². The number of nitrogens with zero attached hydrogens (tertiary/aromatic N) is 2. The van der Waals surface area contributed by atoms with E-state index in [1.807, 2.05) is 12.1 Å². The third-order valence-corrected chi connectivity index (χ3v) is 1.46. The summed E-state index contributed by atoms with van der Waals surface area (Å²) in [7, 11) is 0. The van der Waals surface area contributed by atoms with Gasteiger partial charge in [0.1, 0.15) is 5.03 Å². The fourth-order valence-electron chi connectivity index (χ4n) is 0.450. The minimum absolute atomic E-state index is 0.554. The molecule has 2 N–H and O–H groups in total. The van der Waals surface area contributed by atoms with E-state index < -0.39 is 0 Å². The standard InChI is InChI=1S/C5H7N3S/c6-4-9-5-2-1-3-7-8-5/h1-3H,4,6H2. The van der Waals surface area contributed by atoms with E-state index in [9.17, 15) is 0 Å². The van der Waals surface area contributed by atoms with Gasteiger partial charge in [-0.15, -0.1) is 5.10 Å². The van der Waals surface area contributed by atoms with E-state index in [-0.39, 0.29) is 0 Å². The largest absolute Gasteiger partial charge is 0.322 e. The average Bonchev–Trinajstić information content (AvgIpc) is 1.91. The molecule has 0 unspecified atom stereocenters. The van der Waals surface area contributed by atoms with Crippen molar-refractivity contribution in [2.24, 2.45) is 5.73 Å². The van der Waals surface area contributed by atoms with Gasteiger partial charge in [-0.2, -0.15) is 5.10 Å². The Labute approximate surface area is 57.7 Å². The summed E-state index contributed by atoms with van der Waals surface area (Å²) in [5.41, 5.74) is 5.26. The zero-order valence-corrected chi connectivity index (χ0v) is 5.64. The minimum Gasteiger partial charge on any atom is -0.322 e. The fourth-order valence-corrected chi connectivity index (χ4v) is 0.900. The molecule has 0 aromatic carbocycles. The fraction of sp³-hybridized carbons (Fsp3) is 0.200. The quantitative estimate of drug-likeness (QED) is 0.481. The van der Waals surface area contributed by atoms with Gasteiger partial charge in [0.2, 0.25) is 0 Å². The number of hydrogen-bond acceptors (Lipinski definition) is 4. The smallest absolute Gasteiger partial charge is 0.120 e. The molecule has 1 heterocycles. The normalized spacial score (nSPS) is 9.44. The second-order valence-corrected chi connectivity index (χ2v) is 2.41. The maximum Gasteiger partial charge on any atom is 0.120 e. The van der Waals surface area contributed by atoms with Crippen molar-refractivity contribution < 1.29 is 0 Å². The molecule has 9 heavy (non-hydrogen) atoms. The van der Waals surface area contributed by atoms with Crippen LogP contribution in [0.4, 0.5) is 0 Å². The Morgan fingerprint density at radius 1 is 1.67 bits per heavy atom. The molecule has 0 aliphatic heterocycles. The van der Waals surface area contributed by atoms with Gasteiger partial charge < -0.3 is 5.73 Å². The Morgan fingerprint density at radius 3 is 3.11 bits per heavy atom. The molecule has 0 radical (unpaired) electrons. The first-order chi connectivity index (χ1) is 4.43. The SMILES string of the molecule is NCSc1cccnn1. The van der Waals surface area contributed by atoms with Gasteiger partial charge in [-0.05, 0) is 12.1 Å². The van der Waals surface area contributed by atoms with Gasteiger partial charge in [-0.3, -0.25) is 0 Å². The Balaban J connectivity index is 2.61. The highest BCUT2D eigenvalue weighted by molar-refractivity contribution is 7.99. The molecule has 3 nitrogen and oxygen atoms in total. The first kappa shape index (κ1) is 6.51. The Morgan fingerprint density at radius 2 is 2.56 bits per heavy atom. The maximum atomic E-state index is 5.26. The molecule has 0 aliphatic carbocycles. The monoisotopic (exact) mass is 141 g/mol. The van der Waals surface area contributed by atoms with Crippen LogP contribution in [0.2, 0.25) is 0 Å². The highest BCUT2D eigenvalue weighted by Gasteiger charge is 1.88. The lowest BCUT2D eigenvalue weighted by Gasteiger charge is -1.91. The zero-order valence-electron chi connectivity index (χ0n) is 4.82. The second kappa shape index (κ2) is 3.42. The number of rotatable bonds is 2. The molecule has 0 atom stereocenters. The van der Waals surface area contributed by atoms with Crippen molar-refractivity contribution in [1.82, 2.24) is 10.2 Å². The van der Waals surface area contributed by atoms with Crippen molar-refractivity contribution in [3.05, 3.63) is 18.3 Å². The van der Waals surface area contributed by atoms with E-state index >= 15 is 0 Å². The van der Waals surface area contributed by atoms with Crippen LogP contribution in [0.1, 0.15) is 0 Å². The summed E-state index contributed by atoms with van der Waals surface area (Å²) in [4.78, 5) is 0. The lowest BCUT2D eigenvalue weighted by Crippen LogP contribution is -1.93. The van der Waals surface area contributed by atoms with Crippen LogP contribution < -0.4 is 5.73 Å². The Bertz CT molecular complexity index is 165. The van der Waals surface area contributed by atoms with Crippen LogP contribution in [-0.4, -0.2) is 16.1 Å². The van der Waals surface area contributed by atoms with E-state index in [0.717, 1.165) is 5.03 Å². The van der Waals surface area contributed by atoms with Crippen LogP contribution in [0.25, 0.3) is 0 Å². The maximum absolute atomic E-state index is 5.26. The molecule has 0 bridgehead atoms. The number of nitrogens with two attached hydrogens (primary N) is 1. The molecule has 1 rings (SSSR count). The van der Waals surface area contributed by atoms with Crippen molar-refractivity contribution in [2.45, 2.75) is 5.03 Å². The van der Waals surface area contributed by atoms with Crippen molar-refractivity contribution in [1.29, 1.82) is 0 Å². The highest BCUT2D eigenvalue weighted by atomic mass is 32.2. The van der Waals surface area contributed by atoms with Crippen LogP contribution in [0, 0.1) is 0 Å². The molecular formula is C5H7N3S. The molecule has 1 aromatic heterocycles. The van der Waals surface area contributed by atoms with E-state index in [1.165, 1.54) is 11.8 Å². The Kier molecular flexibility index (Phi) is 2.48. The average molecular weight is 141 g/mol. The third-order valence-electron chi connectivity index (χ3n) is 0.779. The summed E-state index contributed by atoms with van der Waals surface area (Å²) in [6, 6.07) is 3.72. The number of thioether (sulfide) groups is 1. The second-order valence-electron chi connectivity index (χ2n) is 1.37. The molecule has 4 heteroatoms. The first-order valence-corrected chi connectivity index (χ1v) is 3.52. The lowest BCUT2D eigenvalue weighted by molar-refractivity contribution is 0.929. The van der Waals surface area contributed by atoms with Gasteiger partial charge in [0, 0.05) is 12.1 Å². The van der Waals surface area contributed by atoms with Gasteiger partial charge in [0.15, 0.2) is 0 Å². The first-order valence-electron chi connectivity index (χ1n) is 2.54. The van der Waals surface area contributed by atoms with Crippen LogP contribution >= 0.6 is 11.8 Å². The van der Waals surface area contributed by atoms with Gasteiger partial charge in [0.05, 0.1) is 0 Å². The number of hydrogen-bond donors (Lipinski definition) is 1. The molecule has 0 aliphatic rings. The molecule has 1 aromatic rings. The predicted octanol–water partition coefficient (Wildman–Crippen LogP) is 0.485. The van der Waals surface area contributed by atoms with Gasteiger partial charge in [0.25, 0.3) is 0 Å². The summed E-state index contributed by atoms with van der Waals surface area (Å²) in [6.45, 7) is 0. The molecule has 0 saturated heterocycles. The summed E-state index contributed by atoms with van der Waals surface area (Å²) >= 11 is 1.48. The van der Waals surface area contributed by atoms with Crippen LogP contribution in [0.15, 0.2) is 23.4 Å². The topological polar surface area (TPSA) is 51.8 Å². The van der Waals surface area contributed by atoms with Crippen LogP contribution in [0.5, 0.6) is 0 Å². The summed E-state index contributed by atoms with van der Waals surface area (Å²) in [5.74, 6) is 0.554. The molecular weight excluding hydrogens is 134 g/mol. The summed E-state index contributed by atoms with van der Waals surface area (Å²) in [6.07, 6.45) is 1.64. The van der Waals surface area contributed by atoms with E-state index in [4.69, 9.17) is 5.73 Å². The molecule has 0 spiro atoms. The van der Waals surface area contributed by atoms with Crippen molar-refractivity contribution in [2.75, 3.05) is 5.88 Å². The lowest BCUT2D eigenvalue weighted by atomic mass is 10.6.